The third-order valence-corrected chi connectivity index (χ3v) is 3.64. The van der Waals surface area contributed by atoms with Crippen molar-refractivity contribution in [3.63, 3.8) is 0 Å². The number of nitrogens with one attached hydrogen (secondary N) is 1. The molecule has 1 fully saturated rings. The second kappa shape index (κ2) is 6.02. The molecule has 0 aromatic rings. The number of rotatable bonds is 3. The van der Waals surface area contributed by atoms with Crippen LogP contribution in [0.4, 0.5) is 0 Å². The lowest BCUT2D eigenvalue weighted by molar-refractivity contribution is 0.137. The van der Waals surface area contributed by atoms with Crippen LogP contribution >= 0.6 is 0 Å². The summed E-state index contributed by atoms with van der Waals surface area (Å²) >= 11 is 0. The standard InChI is InChI=1S/C14H30N2/c1-14(2,3)11-16(5)13-10-8-6-7-9-12(13)15-4/h12-13,15H,6-11H2,1-5H3. The largest absolute Gasteiger partial charge is 0.315 e. The maximum atomic E-state index is 3.52. The predicted octanol–water partition coefficient (Wildman–Crippen LogP) is 2.89. The summed E-state index contributed by atoms with van der Waals surface area (Å²) in [4.78, 5) is 2.58. The van der Waals surface area contributed by atoms with E-state index in [9.17, 15) is 0 Å². The molecule has 0 spiro atoms. The van der Waals surface area contributed by atoms with E-state index in [1.54, 1.807) is 0 Å². The average Bonchev–Trinajstić information content (AvgIpc) is 2.39. The zero-order valence-electron chi connectivity index (χ0n) is 11.8. The molecule has 0 saturated heterocycles. The molecule has 96 valence electrons. The molecule has 2 atom stereocenters. The first-order valence-corrected chi connectivity index (χ1v) is 6.81. The molecule has 0 aliphatic heterocycles. The van der Waals surface area contributed by atoms with Crippen molar-refractivity contribution < 1.29 is 0 Å². The van der Waals surface area contributed by atoms with Gasteiger partial charge in [-0.05, 0) is 32.4 Å². The number of nitrogens with zero attached hydrogens (tertiary/aromatic N) is 1. The highest BCUT2D eigenvalue weighted by Crippen LogP contribution is 2.24. The van der Waals surface area contributed by atoms with Gasteiger partial charge in [0.05, 0.1) is 0 Å². The molecule has 0 aromatic heterocycles. The third kappa shape index (κ3) is 4.42. The molecule has 0 bridgehead atoms. The first-order chi connectivity index (χ1) is 7.44. The summed E-state index contributed by atoms with van der Waals surface area (Å²) in [6.45, 7) is 8.17. The molecule has 0 amide bonds. The van der Waals surface area contributed by atoms with Crippen molar-refractivity contribution in [2.45, 2.75) is 65.0 Å². The summed E-state index contributed by atoms with van der Waals surface area (Å²) in [6, 6.07) is 1.42. The molecule has 0 heterocycles. The van der Waals surface area contributed by atoms with Gasteiger partial charge in [-0.1, -0.05) is 40.0 Å². The van der Waals surface area contributed by atoms with Crippen LogP contribution in [0, 0.1) is 5.41 Å². The highest BCUT2D eigenvalue weighted by atomic mass is 15.2. The zero-order chi connectivity index (χ0) is 12.2. The Bertz CT molecular complexity index is 195. The second-order valence-electron chi connectivity index (χ2n) is 6.58. The van der Waals surface area contributed by atoms with Gasteiger partial charge in [-0.15, -0.1) is 0 Å². The van der Waals surface area contributed by atoms with Crippen molar-refractivity contribution in [2.75, 3.05) is 20.6 Å². The van der Waals surface area contributed by atoms with E-state index in [0.29, 0.717) is 11.5 Å². The van der Waals surface area contributed by atoms with Gasteiger partial charge >= 0.3 is 0 Å². The molecule has 0 aromatic carbocycles. The fourth-order valence-electron chi connectivity index (χ4n) is 3.02. The van der Waals surface area contributed by atoms with Crippen LogP contribution in [-0.4, -0.2) is 37.6 Å². The Morgan fingerprint density at radius 2 is 1.75 bits per heavy atom. The van der Waals surface area contributed by atoms with Gasteiger partial charge in [0, 0.05) is 18.6 Å². The topological polar surface area (TPSA) is 15.3 Å². The highest BCUT2D eigenvalue weighted by Gasteiger charge is 2.27. The Morgan fingerprint density at radius 3 is 2.31 bits per heavy atom. The van der Waals surface area contributed by atoms with E-state index in [2.05, 4.69) is 45.1 Å². The lowest BCUT2D eigenvalue weighted by Crippen LogP contribution is -2.49. The van der Waals surface area contributed by atoms with Crippen LogP contribution in [0.1, 0.15) is 52.9 Å². The summed E-state index contributed by atoms with van der Waals surface area (Å²) in [7, 11) is 4.42. The average molecular weight is 226 g/mol. The van der Waals surface area contributed by atoms with Gasteiger partial charge in [0.1, 0.15) is 0 Å². The monoisotopic (exact) mass is 226 g/mol. The molecule has 2 heteroatoms. The van der Waals surface area contributed by atoms with Crippen LogP contribution < -0.4 is 5.32 Å². The van der Waals surface area contributed by atoms with Crippen molar-refractivity contribution in [3.05, 3.63) is 0 Å². The fourth-order valence-corrected chi connectivity index (χ4v) is 3.02. The summed E-state index contributed by atoms with van der Waals surface area (Å²) in [5, 5.41) is 3.52. The summed E-state index contributed by atoms with van der Waals surface area (Å²) in [6.07, 6.45) is 6.91. The summed E-state index contributed by atoms with van der Waals surface area (Å²) < 4.78 is 0. The van der Waals surface area contributed by atoms with Crippen molar-refractivity contribution in [3.8, 4) is 0 Å². The van der Waals surface area contributed by atoms with Crippen LogP contribution in [0.3, 0.4) is 0 Å². The van der Waals surface area contributed by atoms with E-state index in [-0.39, 0.29) is 0 Å². The summed E-state index contributed by atoms with van der Waals surface area (Å²) in [5.41, 5.74) is 0.402. The smallest absolute Gasteiger partial charge is 0.0246 e. The Labute approximate surface area is 102 Å². The molecule has 1 aliphatic rings. The molecular weight excluding hydrogens is 196 g/mol. The predicted molar refractivity (Wildman–Crippen MR) is 71.8 cm³/mol. The van der Waals surface area contributed by atoms with Crippen LogP contribution in [0.15, 0.2) is 0 Å². The van der Waals surface area contributed by atoms with Gasteiger partial charge in [0.2, 0.25) is 0 Å². The Balaban J connectivity index is 2.59. The van der Waals surface area contributed by atoms with E-state index >= 15 is 0 Å². The molecule has 1 saturated carbocycles. The van der Waals surface area contributed by atoms with Gasteiger partial charge < -0.3 is 10.2 Å². The van der Waals surface area contributed by atoms with E-state index in [4.69, 9.17) is 0 Å². The van der Waals surface area contributed by atoms with Gasteiger partial charge in [-0.25, -0.2) is 0 Å². The molecule has 16 heavy (non-hydrogen) atoms. The van der Waals surface area contributed by atoms with E-state index in [1.165, 1.54) is 38.6 Å². The number of likely N-dealkylation sites (N-methyl/N-ethyl adjacent to an activating group) is 2. The van der Waals surface area contributed by atoms with Gasteiger partial charge in [-0.3, -0.25) is 0 Å². The van der Waals surface area contributed by atoms with Crippen LogP contribution in [0.25, 0.3) is 0 Å². The molecule has 1 rings (SSSR count). The molecule has 1 N–H and O–H groups in total. The zero-order valence-corrected chi connectivity index (χ0v) is 11.8. The maximum absolute atomic E-state index is 3.52. The second-order valence-corrected chi connectivity index (χ2v) is 6.58. The highest BCUT2D eigenvalue weighted by molar-refractivity contribution is 4.86. The van der Waals surface area contributed by atoms with Gasteiger partial charge in [-0.2, -0.15) is 0 Å². The summed E-state index contributed by atoms with van der Waals surface area (Å²) in [5.74, 6) is 0. The Kier molecular flexibility index (Phi) is 5.26. The molecule has 0 radical (unpaired) electrons. The van der Waals surface area contributed by atoms with E-state index in [0.717, 1.165) is 6.04 Å². The van der Waals surface area contributed by atoms with Crippen molar-refractivity contribution in [2.24, 2.45) is 5.41 Å². The van der Waals surface area contributed by atoms with Crippen molar-refractivity contribution >= 4 is 0 Å². The minimum Gasteiger partial charge on any atom is -0.315 e. The maximum Gasteiger partial charge on any atom is 0.0246 e. The number of hydrogen-bond donors (Lipinski definition) is 1. The van der Waals surface area contributed by atoms with Crippen molar-refractivity contribution in [1.29, 1.82) is 0 Å². The molecule has 2 nitrogen and oxygen atoms in total. The first kappa shape index (κ1) is 14.0. The minimum absolute atomic E-state index is 0.402. The minimum atomic E-state index is 0.402. The van der Waals surface area contributed by atoms with E-state index in [1.807, 2.05) is 0 Å². The van der Waals surface area contributed by atoms with Gasteiger partial charge in [0.15, 0.2) is 0 Å². The quantitative estimate of drug-likeness (QED) is 0.744. The normalized spacial score (nSPS) is 28.1. The fraction of sp³-hybridized carbons (Fsp3) is 1.00. The third-order valence-electron chi connectivity index (χ3n) is 3.64. The lowest BCUT2D eigenvalue weighted by Gasteiger charge is -2.37. The van der Waals surface area contributed by atoms with Crippen LogP contribution in [0.5, 0.6) is 0 Å². The Hall–Kier alpha value is -0.0800. The van der Waals surface area contributed by atoms with Gasteiger partial charge in [0.25, 0.3) is 0 Å². The van der Waals surface area contributed by atoms with E-state index < -0.39 is 0 Å². The Morgan fingerprint density at radius 1 is 1.12 bits per heavy atom. The lowest BCUT2D eigenvalue weighted by atomic mass is 9.93. The number of hydrogen-bond acceptors (Lipinski definition) is 2. The van der Waals surface area contributed by atoms with Crippen molar-refractivity contribution in [1.82, 2.24) is 10.2 Å². The van der Waals surface area contributed by atoms with Crippen LogP contribution in [-0.2, 0) is 0 Å². The molecular formula is C14H30N2. The SMILES string of the molecule is CNC1CCCCCC1N(C)CC(C)(C)C. The van der Waals surface area contributed by atoms with Crippen LogP contribution in [0.2, 0.25) is 0 Å². The first-order valence-electron chi connectivity index (χ1n) is 6.81. The molecule has 1 aliphatic carbocycles. The molecule has 2 unspecified atom stereocenters.